The lowest BCUT2D eigenvalue weighted by Crippen LogP contribution is -2.39. The topological polar surface area (TPSA) is 108 Å². The Morgan fingerprint density at radius 1 is 0.667 bits per heavy atom. The maximum absolute atomic E-state index is 12.8. The van der Waals surface area contributed by atoms with Gasteiger partial charge in [0.05, 0.1) is 19.8 Å². The van der Waals surface area contributed by atoms with Gasteiger partial charge >= 0.3 is 0 Å². The molecule has 1 N–H and O–H groups in total. The minimum atomic E-state index is -0.543. The summed E-state index contributed by atoms with van der Waals surface area (Å²) < 4.78 is 18.1. The number of hydrogen-bond donors (Lipinski definition) is 1. The van der Waals surface area contributed by atoms with Crippen molar-refractivity contribution in [2.24, 2.45) is 10.8 Å². The van der Waals surface area contributed by atoms with Crippen LogP contribution >= 0.6 is 0 Å². The van der Waals surface area contributed by atoms with Crippen LogP contribution in [0.3, 0.4) is 0 Å². The molecule has 39 heavy (non-hydrogen) atoms. The minimum Gasteiger partial charge on any atom is -0.381 e. The van der Waals surface area contributed by atoms with Crippen molar-refractivity contribution in [3.8, 4) is 0 Å². The SMILES string of the molecule is C=CC(=O)CCCCOCC(CCC(=O)C(C)(C)C)(COCCCCC(=O)C=C)COCCCNC(=O)C=C. The Labute approximate surface area is 235 Å². The summed E-state index contributed by atoms with van der Waals surface area (Å²) in [6, 6.07) is 0. The van der Waals surface area contributed by atoms with E-state index in [9.17, 15) is 19.2 Å². The van der Waals surface area contributed by atoms with Crippen LogP contribution in [-0.2, 0) is 33.4 Å². The Morgan fingerprint density at radius 3 is 1.54 bits per heavy atom. The number of ketones is 3. The van der Waals surface area contributed by atoms with Crippen LogP contribution in [0.5, 0.6) is 0 Å². The standard InChI is InChI=1S/C31H51NO7/c1-7-26(33)15-10-12-20-37-23-31(18-17-28(35)30(4,5)6,24-38-21-13-11-16-27(34)8-2)25-39-22-14-19-32-29(36)9-3/h7-9H,1-3,10-25H2,4-6H3,(H,32,36). The molecule has 0 aromatic carbocycles. The largest absolute Gasteiger partial charge is 0.381 e. The fraction of sp³-hybridized carbons (Fsp3) is 0.677. The zero-order chi connectivity index (χ0) is 29.6. The molecule has 0 heterocycles. The van der Waals surface area contributed by atoms with Crippen LogP contribution in [0.25, 0.3) is 0 Å². The highest BCUT2D eigenvalue weighted by molar-refractivity contribution is 5.89. The van der Waals surface area contributed by atoms with Crippen LogP contribution in [0.4, 0.5) is 0 Å². The highest BCUT2D eigenvalue weighted by Crippen LogP contribution is 2.29. The van der Waals surface area contributed by atoms with E-state index in [0.29, 0.717) is 91.1 Å². The molecule has 222 valence electrons. The Morgan fingerprint density at radius 2 is 1.13 bits per heavy atom. The number of amides is 1. The van der Waals surface area contributed by atoms with Gasteiger partial charge in [-0.2, -0.15) is 0 Å². The van der Waals surface area contributed by atoms with Gasteiger partial charge in [-0.15, -0.1) is 0 Å². The van der Waals surface area contributed by atoms with Gasteiger partial charge in [0.1, 0.15) is 5.78 Å². The maximum Gasteiger partial charge on any atom is 0.243 e. The van der Waals surface area contributed by atoms with E-state index in [2.05, 4.69) is 25.1 Å². The number of unbranched alkanes of at least 4 members (excludes halogenated alkanes) is 2. The number of carbonyl (C=O) groups excluding carboxylic acids is 4. The van der Waals surface area contributed by atoms with Crippen molar-refractivity contribution in [2.45, 2.75) is 78.6 Å². The van der Waals surface area contributed by atoms with Gasteiger partial charge in [0.15, 0.2) is 11.6 Å². The molecular formula is C31H51NO7. The first-order valence-electron chi connectivity index (χ1n) is 14.0. The molecule has 0 aliphatic heterocycles. The fourth-order valence-electron chi connectivity index (χ4n) is 3.63. The highest BCUT2D eigenvalue weighted by atomic mass is 16.5. The van der Waals surface area contributed by atoms with Gasteiger partial charge in [0, 0.05) is 56.5 Å². The lowest BCUT2D eigenvalue weighted by atomic mass is 9.80. The van der Waals surface area contributed by atoms with E-state index in [-0.39, 0.29) is 23.3 Å². The minimum absolute atomic E-state index is 0.0194. The van der Waals surface area contributed by atoms with Crippen LogP contribution < -0.4 is 5.32 Å². The normalized spacial score (nSPS) is 11.6. The summed E-state index contributed by atoms with van der Waals surface area (Å²) in [5.41, 5.74) is -0.994. The van der Waals surface area contributed by atoms with Crippen LogP contribution in [0.2, 0.25) is 0 Å². The number of ether oxygens (including phenoxy) is 3. The summed E-state index contributed by atoms with van der Waals surface area (Å²) in [4.78, 5) is 47.0. The van der Waals surface area contributed by atoms with Gasteiger partial charge in [0.2, 0.25) is 5.91 Å². The molecule has 0 bridgehead atoms. The number of Topliss-reactive ketones (excluding diaryl/α,β-unsaturated/α-hetero) is 1. The predicted molar refractivity (Wildman–Crippen MR) is 155 cm³/mol. The molecule has 0 aromatic heterocycles. The van der Waals surface area contributed by atoms with Crippen LogP contribution in [0.1, 0.15) is 78.6 Å². The van der Waals surface area contributed by atoms with E-state index < -0.39 is 10.8 Å². The first kappa shape index (κ1) is 36.6. The van der Waals surface area contributed by atoms with Crippen molar-refractivity contribution < 1.29 is 33.4 Å². The van der Waals surface area contributed by atoms with Crippen molar-refractivity contribution in [2.75, 3.05) is 46.2 Å². The van der Waals surface area contributed by atoms with Gasteiger partial charge in [-0.05, 0) is 56.8 Å². The number of allylic oxidation sites excluding steroid dienone is 2. The van der Waals surface area contributed by atoms with Gasteiger partial charge in [-0.3, -0.25) is 19.2 Å². The Kier molecular flexibility index (Phi) is 20.1. The highest BCUT2D eigenvalue weighted by Gasteiger charge is 2.34. The zero-order valence-corrected chi connectivity index (χ0v) is 24.5. The Bertz CT molecular complexity index is 703. The van der Waals surface area contributed by atoms with Crippen molar-refractivity contribution in [1.29, 1.82) is 0 Å². The number of carbonyl (C=O) groups is 4. The molecule has 0 saturated carbocycles. The Hall–Kier alpha value is -2.42. The van der Waals surface area contributed by atoms with E-state index in [1.807, 2.05) is 20.8 Å². The van der Waals surface area contributed by atoms with Crippen LogP contribution in [0.15, 0.2) is 38.0 Å². The molecule has 0 atom stereocenters. The molecule has 0 aromatic rings. The first-order valence-corrected chi connectivity index (χ1v) is 14.0. The van der Waals surface area contributed by atoms with Crippen molar-refractivity contribution in [1.82, 2.24) is 5.32 Å². The summed E-state index contributed by atoms with van der Waals surface area (Å²) in [5.74, 6) is -0.0295. The molecule has 0 unspecified atom stereocenters. The Balaban J connectivity index is 5.20. The summed E-state index contributed by atoms with van der Waals surface area (Å²) in [6.45, 7) is 19.1. The quantitative estimate of drug-likeness (QED) is 0.120. The maximum atomic E-state index is 12.8. The average Bonchev–Trinajstić information content (AvgIpc) is 2.91. The van der Waals surface area contributed by atoms with Crippen molar-refractivity contribution in [3.05, 3.63) is 38.0 Å². The van der Waals surface area contributed by atoms with Crippen molar-refractivity contribution >= 4 is 23.3 Å². The predicted octanol–water partition coefficient (Wildman–Crippen LogP) is 4.96. The molecular weight excluding hydrogens is 498 g/mol. The second-order valence-electron chi connectivity index (χ2n) is 10.9. The molecule has 8 nitrogen and oxygen atoms in total. The molecule has 0 saturated heterocycles. The molecule has 0 radical (unpaired) electrons. The van der Waals surface area contributed by atoms with E-state index in [1.54, 1.807) is 0 Å². The smallest absolute Gasteiger partial charge is 0.243 e. The average molecular weight is 550 g/mol. The molecule has 0 aliphatic carbocycles. The molecule has 1 amide bonds. The van der Waals surface area contributed by atoms with E-state index >= 15 is 0 Å². The third-order valence-electron chi connectivity index (χ3n) is 6.27. The summed E-state index contributed by atoms with van der Waals surface area (Å²) >= 11 is 0. The fourth-order valence-corrected chi connectivity index (χ4v) is 3.63. The third-order valence-corrected chi connectivity index (χ3v) is 6.27. The first-order chi connectivity index (χ1) is 18.5. The van der Waals surface area contributed by atoms with E-state index in [0.717, 1.165) is 12.8 Å². The third kappa shape index (κ3) is 19.3. The van der Waals surface area contributed by atoms with E-state index in [1.165, 1.54) is 18.2 Å². The monoisotopic (exact) mass is 549 g/mol. The van der Waals surface area contributed by atoms with E-state index in [4.69, 9.17) is 14.2 Å². The summed E-state index contributed by atoms with van der Waals surface area (Å²) in [7, 11) is 0. The molecule has 0 fully saturated rings. The van der Waals surface area contributed by atoms with Gasteiger partial charge in [0.25, 0.3) is 0 Å². The lowest BCUT2D eigenvalue weighted by molar-refractivity contribution is -0.128. The van der Waals surface area contributed by atoms with Crippen LogP contribution in [0, 0.1) is 10.8 Å². The lowest BCUT2D eigenvalue weighted by Gasteiger charge is -2.34. The van der Waals surface area contributed by atoms with Crippen LogP contribution in [-0.4, -0.2) is 69.4 Å². The number of hydrogen-bond acceptors (Lipinski definition) is 7. The molecule has 0 aliphatic rings. The summed E-state index contributed by atoms with van der Waals surface area (Å²) in [6.07, 6.45) is 9.24. The molecule has 0 rings (SSSR count). The zero-order valence-electron chi connectivity index (χ0n) is 24.5. The van der Waals surface area contributed by atoms with Gasteiger partial charge in [-0.25, -0.2) is 0 Å². The second kappa shape index (κ2) is 21.4. The van der Waals surface area contributed by atoms with Gasteiger partial charge in [-0.1, -0.05) is 40.5 Å². The number of rotatable bonds is 26. The molecule has 8 heteroatoms. The molecule has 0 spiro atoms. The second-order valence-corrected chi connectivity index (χ2v) is 10.9. The van der Waals surface area contributed by atoms with Crippen molar-refractivity contribution in [3.63, 3.8) is 0 Å². The van der Waals surface area contributed by atoms with Gasteiger partial charge < -0.3 is 19.5 Å². The number of nitrogens with one attached hydrogen (secondary N) is 1. The summed E-state index contributed by atoms with van der Waals surface area (Å²) in [5, 5.41) is 2.73.